The number of oxime groups is 1. The number of carboxylic acids is 1. The molecule has 1 heterocycles. The van der Waals surface area contributed by atoms with E-state index in [-0.39, 0.29) is 12.8 Å². The van der Waals surface area contributed by atoms with Gasteiger partial charge in [-0.05, 0) is 42.0 Å². The third-order valence-corrected chi connectivity index (χ3v) is 4.10. The fraction of sp³-hybridized carbons (Fsp3) is 0.211. The summed E-state index contributed by atoms with van der Waals surface area (Å²) in [4.78, 5) is 29.3. The Balaban J connectivity index is 1.71. The molecule has 1 aliphatic heterocycles. The fourth-order valence-electron chi connectivity index (χ4n) is 2.69. The second-order valence-corrected chi connectivity index (χ2v) is 5.92. The Bertz CT molecular complexity index is 833. The SMILES string of the molecule is COc1ccc(C2=NO[C@@](CC(=O)Nc3ccccc3)(C(=O)O)C2)cc1. The van der Waals surface area contributed by atoms with E-state index in [0.717, 1.165) is 5.56 Å². The number of rotatable bonds is 6. The summed E-state index contributed by atoms with van der Waals surface area (Å²) in [5.41, 5.74) is 0.0704. The molecule has 2 aromatic carbocycles. The minimum Gasteiger partial charge on any atom is -0.497 e. The number of para-hydroxylation sites is 1. The largest absolute Gasteiger partial charge is 0.497 e. The van der Waals surface area contributed by atoms with Crippen LogP contribution in [0.1, 0.15) is 18.4 Å². The molecule has 0 aliphatic carbocycles. The van der Waals surface area contributed by atoms with E-state index in [1.807, 2.05) is 6.07 Å². The van der Waals surface area contributed by atoms with Gasteiger partial charge >= 0.3 is 5.97 Å². The van der Waals surface area contributed by atoms with Crippen molar-refractivity contribution in [3.05, 3.63) is 60.2 Å². The van der Waals surface area contributed by atoms with Crippen molar-refractivity contribution in [2.75, 3.05) is 12.4 Å². The van der Waals surface area contributed by atoms with Crippen LogP contribution in [0.15, 0.2) is 59.8 Å². The van der Waals surface area contributed by atoms with E-state index in [1.54, 1.807) is 55.6 Å². The van der Waals surface area contributed by atoms with Crippen molar-refractivity contribution in [3.63, 3.8) is 0 Å². The van der Waals surface area contributed by atoms with Crippen LogP contribution in [0.3, 0.4) is 0 Å². The predicted molar refractivity (Wildman–Crippen MR) is 95.3 cm³/mol. The first-order valence-electron chi connectivity index (χ1n) is 8.00. The second-order valence-electron chi connectivity index (χ2n) is 5.92. The molecule has 3 rings (SSSR count). The van der Waals surface area contributed by atoms with E-state index >= 15 is 0 Å². The van der Waals surface area contributed by atoms with Crippen LogP contribution in [0.25, 0.3) is 0 Å². The topological polar surface area (TPSA) is 97.2 Å². The quantitative estimate of drug-likeness (QED) is 0.831. The third kappa shape index (κ3) is 3.66. The first-order valence-corrected chi connectivity index (χ1v) is 8.00. The highest BCUT2D eigenvalue weighted by Gasteiger charge is 2.48. The van der Waals surface area contributed by atoms with Crippen LogP contribution < -0.4 is 10.1 Å². The van der Waals surface area contributed by atoms with Crippen LogP contribution in [0.5, 0.6) is 5.75 Å². The van der Waals surface area contributed by atoms with Gasteiger partial charge in [0.2, 0.25) is 11.5 Å². The number of carbonyl (C=O) groups excluding carboxylic acids is 1. The highest BCUT2D eigenvalue weighted by atomic mass is 16.7. The Labute approximate surface area is 150 Å². The molecule has 7 heteroatoms. The van der Waals surface area contributed by atoms with Crippen molar-refractivity contribution in [2.24, 2.45) is 5.16 Å². The molecule has 2 aromatic rings. The summed E-state index contributed by atoms with van der Waals surface area (Å²) in [5, 5.41) is 16.2. The number of anilines is 1. The van der Waals surface area contributed by atoms with Crippen LogP contribution in [0.2, 0.25) is 0 Å². The van der Waals surface area contributed by atoms with Crippen molar-refractivity contribution < 1.29 is 24.3 Å². The fourth-order valence-corrected chi connectivity index (χ4v) is 2.69. The Kier molecular flexibility index (Phi) is 4.88. The molecular weight excluding hydrogens is 336 g/mol. The zero-order valence-electron chi connectivity index (χ0n) is 14.1. The Morgan fingerprint density at radius 3 is 2.50 bits per heavy atom. The van der Waals surface area contributed by atoms with E-state index in [2.05, 4.69) is 10.5 Å². The number of methoxy groups -OCH3 is 1. The minimum absolute atomic E-state index is 0.00310. The molecule has 0 unspecified atom stereocenters. The van der Waals surface area contributed by atoms with E-state index in [0.29, 0.717) is 17.1 Å². The molecule has 26 heavy (non-hydrogen) atoms. The maximum Gasteiger partial charge on any atom is 0.351 e. The molecule has 2 N–H and O–H groups in total. The van der Waals surface area contributed by atoms with Crippen LogP contribution in [-0.4, -0.2) is 35.4 Å². The zero-order chi connectivity index (χ0) is 18.6. The summed E-state index contributed by atoms with van der Waals surface area (Å²) in [6.45, 7) is 0. The standard InChI is InChI=1S/C19H18N2O5/c1-25-15-9-7-13(8-10-15)16-11-19(18(23)24,26-21-16)12-17(22)20-14-5-3-2-4-6-14/h2-10H,11-12H2,1H3,(H,20,22)(H,23,24)/t19-/m0/s1. The average Bonchev–Trinajstić information content (AvgIpc) is 3.08. The second kappa shape index (κ2) is 7.26. The van der Waals surface area contributed by atoms with Gasteiger partial charge in [-0.3, -0.25) is 4.79 Å². The first kappa shape index (κ1) is 17.5. The van der Waals surface area contributed by atoms with Gasteiger partial charge in [0.05, 0.1) is 19.2 Å². The molecule has 134 valence electrons. The number of benzene rings is 2. The molecule has 0 fully saturated rings. The molecule has 0 bridgehead atoms. The molecule has 1 aliphatic rings. The lowest BCUT2D eigenvalue weighted by Crippen LogP contribution is -2.42. The van der Waals surface area contributed by atoms with Crippen LogP contribution in [0.4, 0.5) is 5.69 Å². The minimum atomic E-state index is -1.71. The molecule has 0 saturated heterocycles. The molecule has 0 spiro atoms. The molecule has 0 aromatic heterocycles. The van der Waals surface area contributed by atoms with Gasteiger partial charge < -0.3 is 20.0 Å². The lowest BCUT2D eigenvalue weighted by molar-refractivity contribution is -0.165. The smallest absolute Gasteiger partial charge is 0.351 e. The van der Waals surface area contributed by atoms with Gasteiger partial charge in [0, 0.05) is 12.1 Å². The maximum absolute atomic E-state index is 12.3. The molecule has 1 atom stereocenters. The van der Waals surface area contributed by atoms with E-state index in [1.165, 1.54) is 0 Å². The van der Waals surface area contributed by atoms with Crippen molar-refractivity contribution in [2.45, 2.75) is 18.4 Å². The normalized spacial score (nSPS) is 18.6. The molecule has 0 radical (unpaired) electrons. The lowest BCUT2D eigenvalue weighted by atomic mass is 9.90. The molecule has 0 saturated carbocycles. The highest BCUT2D eigenvalue weighted by Crippen LogP contribution is 2.31. The number of carbonyl (C=O) groups is 2. The summed E-state index contributed by atoms with van der Waals surface area (Å²) >= 11 is 0. The highest BCUT2D eigenvalue weighted by molar-refractivity contribution is 6.06. The van der Waals surface area contributed by atoms with Crippen molar-refractivity contribution in [1.29, 1.82) is 0 Å². The predicted octanol–water partition coefficient (Wildman–Crippen LogP) is 2.67. The maximum atomic E-state index is 12.3. The van der Waals surface area contributed by atoms with Gasteiger partial charge in [-0.15, -0.1) is 0 Å². The Morgan fingerprint density at radius 2 is 1.88 bits per heavy atom. The van der Waals surface area contributed by atoms with E-state index in [9.17, 15) is 14.7 Å². The van der Waals surface area contributed by atoms with Crippen molar-refractivity contribution in [1.82, 2.24) is 0 Å². The monoisotopic (exact) mass is 354 g/mol. The summed E-state index contributed by atoms with van der Waals surface area (Å²) in [5.74, 6) is -1.00. The molecule has 1 amide bonds. The number of aliphatic carboxylic acids is 1. The van der Waals surface area contributed by atoms with Gasteiger partial charge in [-0.1, -0.05) is 23.4 Å². The summed E-state index contributed by atoms with van der Waals surface area (Å²) in [6.07, 6.45) is -0.350. The third-order valence-electron chi connectivity index (χ3n) is 4.10. The number of amides is 1. The zero-order valence-corrected chi connectivity index (χ0v) is 14.1. The van der Waals surface area contributed by atoms with Gasteiger partial charge in [0.15, 0.2) is 0 Å². The van der Waals surface area contributed by atoms with E-state index < -0.39 is 17.5 Å². The van der Waals surface area contributed by atoms with Crippen LogP contribution >= 0.6 is 0 Å². The number of nitrogens with zero attached hydrogens (tertiary/aromatic N) is 1. The summed E-state index contributed by atoms with van der Waals surface area (Å²) in [6, 6.07) is 15.9. The number of carboxylic acid groups (broad SMARTS) is 1. The number of ether oxygens (including phenoxy) is 1. The molecule has 7 nitrogen and oxygen atoms in total. The Morgan fingerprint density at radius 1 is 1.19 bits per heavy atom. The van der Waals surface area contributed by atoms with Gasteiger partial charge in [0.25, 0.3) is 0 Å². The van der Waals surface area contributed by atoms with Gasteiger partial charge in [0.1, 0.15) is 5.75 Å². The number of hydrogen-bond donors (Lipinski definition) is 2. The summed E-state index contributed by atoms with van der Waals surface area (Å²) < 4.78 is 5.10. The van der Waals surface area contributed by atoms with Crippen LogP contribution in [-0.2, 0) is 14.4 Å². The molecular formula is C19H18N2O5. The average molecular weight is 354 g/mol. The van der Waals surface area contributed by atoms with E-state index in [4.69, 9.17) is 9.57 Å². The lowest BCUT2D eigenvalue weighted by Gasteiger charge is -2.21. The first-order chi connectivity index (χ1) is 12.5. The van der Waals surface area contributed by atoms with Gasteiger partial charge in [-0.25, -0.2) is 4.79 Å². The Hall–Kier alpha value is -3.35. The van der Waals surface area contributed by atoms with Gasteiger partial charge in [-0.2, -0.15) is 0 Å². The number of hydrogen-bond acceptors (Lipinski definition) is 5. The van der Waals surface area contributed by atoms with Crippen molar-refractivity contribution >= 4 is 23.3 Å². The summed E-state index contributed by atoms with van der Waals surface area (Å²) in [7, 11) is 1.56. The number of nitrogens with one attached hydrogen (secondary N) is 1. The van der Waals surface area contributed by atoms with Crippen molar-refractivity contribution in [3.8, 4) is 5.75 Å². The van der Waals surface area contributed by atoms with Crippen LogP contribution in [0, 0.1) is 0 Å².